The molecule has 0 saturated heterocycles. The Morgan fingerprint density at radius 3 is 2.27 bits per heavy atom. The zero-order valence-corrected chi connectivity index (χ0v) is 15.4. The number of benzene rings is 2. The van der Waals surface area contributed by atoms with E-state index in [1.54, 1.807) is 0 Å². The number of carbonyl (C=O) groups is 1. The summed E-state index contributed by atoms with van der Waals surface area (Å²) in [5.74, 6) is -0.379. The van der Waals surface area contributed by atoms with Gasteiger partial charge in [-0.2, -0.15) is 5.26 Å². The average molecular weight is 347 g/mol. The van der Waals surface area contributed by atoms with Crippen LogP contribution in [0.2, 0.25) is 0 Å². The molecule has 0 radical (unpaired) electrons. The molecule has 1 amide bonds. The van der Waals surface area contributed by atoms with Crippen molar-refractivity contribution in [2.24, 2.45) is 0 Å². The van der Waals surface area contributed by atoms with Crippen LogP contribution in [0.15, 0.2) is 60.3 Å². The van der Waals surface area contributed by atoms with Gasteiger partial charge in [0, 0.05) is 18.4 Å². The quantitative estimate of drug-likeness (QED) is 0.431. The predicted octanol–water partition coefficient (Wildman–Crippen LogP) is 3.99. The lowest BCUT2D eigenvalue weighted by atomic mass is 10.0. The number of nitrogens with zero attached hydrogens (tertiary/aromatic N) is 1. The molecule has 0 spiro atoms. The van der Waals surface area contributed by atoms with E-state index < -0.39 is 0 Å². The summed E-state index contributed by atoms with van der Waals surface area (Å²) in [7, 11) is 0. The van der Waals surface area contributed by atoms with Crippen molar-refractivity contribution in [1.29, 1.82) is 5.26 Å². The highest BCUT2D eigenvalue weighted by Crippen LogP contribution is 2.23. The molecule has 0 aliphatic heterocycles. The number of carbonyl (C=O) groups excluding carboxylic acids is 1. The van der Waals surface area contributed by atoms with E-state index in [-0.39, 0.29) is 11.5 Å². The summed E-state index contributed by atoms with van der Waals surface area (Å²) in [6, 6.07) is 18.1. The average Bonchev–Trinajstić information content (AvgIpc) is 2.68. The maximum Gasteiger partial charge on any atom is 0.267 e. The molecule has 0 aliphatic carbocycles. The fraction of sp³-hybridized carbons (Fsp3) is 0.273. The molecule has 0 aliphatic rings. The van der Waals surface area contributed by atoms with E-state index in [0.29, 0.717) is 6.54 Å². The molecule has 2 rings (SSSR count). The fourth-order valence-corrected chi connectivity index (χ4v) is 2.77. The smallest absolute Gasteiger partial charge is 0.267 e. The van der Waals surface area contributed by atoms with Gasteiger partial charge in [0.15, 0.2) is 0 Å². The molecule has 0 atom stereocenters. The van der Waals surface area contributed by atoms with E-state index in [2.05, 4.69) is 36.6 Å². The molecule has 134 valence electrons. The Labute approximate surface area is 155 Å². The summed E-state index contributed by atoms with van der Waals surface area (Å²) in [6.45, 7) is 4.77. The van der Waals surface area contributed by atoms with Gasteiger partial charge in [0.2, 0.25) is 0 Å². The minimum Gasteiger partial charge on any atom is -0.389 e. The van der Waals surface area contributed by atoms with Crippen LogP contribution in [-0.2, 0) is 24.1 Å². The minimum atomic E-state index is -0.379. The van der Waals surface area contributed by atoms with Crippen LogP contribution in [0.1, 0.15) is 30.5 Å². The highest BCUT2D eigenvalue weighted by Gasteiger charge is 2.13. The van der Waals surface area contributed by atoms with Crippen LogP contribution in [0.3, 0.4) is 0 Å². The first-order chi connectivity index (χ1) is 12.7. The van der Waals surface area contributed by atoms with Crippen LogP contribution >= 0.6 is 0 Å². The number of aryl methyl sites for hydroxylation is 2. The Balaban J connectivity index is 2.01. The van der Waals surface area contributed by atoms with E-state index in [1.165, 1.54) is 11.8 Å². The number of hydrogen-bond donors (Lipinski definition) is 2. The zero-order valence-electron chi connectivity index (χ0n) is 15.4. The first kappa shape index (κ1) is 19.3. The Kier molecular flexibility index (Phi) is 7.45. The topological polar surface area (TPSA) is 64.9 Å². The molecule has 2 aromatic carbocycles. The van der Waals surface area contributed by atoms with Crippen molar-refractivity contribution in [2.45, 2.75) is 33.1 Å². The SMILES string of the molecule is CCc1cccc(CC)c1NC(=O)/C(C#N)=C\NCCc1ccccc1. The lowest BCUT2D eigenvalue weighted by Crippen LogP contribution is -2.19. The summed E-state index contributed by atoms with van der Waals surface area (Å²) in [5, 5.41) is 15.3. The van der Waals surface area contributed by atoms with Crippen molar-refractivity contribution in [3.63, 3.8) is 0 Å². The summed E-state index contributed by atoms with van der Waals surface area (Å²) >= 11 is 0. The second-order valence-corrected chi connectivity index (χ2v) is 5.97. The van der Waals surface area contributed by atoms with E-state index >= 15 is 0 Å². The van der Waals surface area contributed by atoms with Gasteiger partial charge in [0.05, 0.1) is 0 Å². The van der Waals surface area contributed by atoms with Crippen molar-refractivity contribution >= 4 is 11.6 Å². The van der Waals surface area contributed by atoms with Gasteiger partial charge >= 0.3 is 0 Å². The summed E-state index contributed by atoms with van der Waals surface area (Å²) < 4.78 is 0. The lowest BCUT2D eigenvalue weighted by molar-refractivity contribution is -0.112. The molecular formula is C22H25N3O. The molecule has 4 nitrogen and oxygen atoms in total. The number of rotatable bonds is 8. The second kappa shape index (κ2) is 10.0. The first-order valence-electron chi connectivity index (χ1n) is 8.99. The molecule has 2 N–H and O–H groups in total. The largest absolute Gasteiger partial charge is 0.389 e. The van der Waals surface area contributed by atoms with Gasteiger partial charge in [0.1, 0.15) is 11.6 Å². The van der Waals surface area contributed by atoms with Crippen LogP contribution in [-0.4, -0.2) is 12.5 Å². The van der Waals surface area contributed by atoms with Crippen molar-refractivity contribution < 1.29 is 4.79 Å². The molecule has 0 bridgehead atoms. The molecule has 26 heavy (non-hydrogen) atoms. The maximum absolute atomic E-state index is 12.5. The van der Waals surface area contributed by atoms with Gasteiger partial charge < -0.3 is 10.6 Å². The summed E-state index contributed by atoms with van der Waals surface area (Å²) in [6.07, 6.45) is 3.98. The maximum atomic E-state index is 12.5. The van der Waals surface area contributed by atoms with Crippen molar-refractivity contribution in [3.8, 4) is 6.07 Å². The Hall–Kier alpha value is -3.06. The molecule has 4 heteroatoms. The van der Waals surface area contributed by atoms with Gasteiger partial charge in [-0.05, 0) is 36.0 Å². The molecule has 0 unspecified atom stereocenters. The molecule has 0 fully saturated rings. The fourth-order valence-electron chi connectivity index (χ4n) is 2.77. The summed E-state index contributed by atoms with van der Waals surface area (Å²) in [5.41, 5.74) is 4.26. The van der Waals surface area contributed by atoms with E-state index in [4.69, 9.17) is 0 Å². The number of para-hydroxylation sites is 1. The van der Waals surface area contributed by atoms with Crippen LogP contribution in [0, 0.1) is 11.3 Å². The third-order valence-corrected chi connectivity index (χ3v) is 4.25. The second-order valence-electron chi connectivity index (χ2n) is 5.97. The van der Waals surface area contributed by atoms with Crippen molar-refractivity contribution in [2.75, 3.05) is 11.9 Å². The normalized spacial score (nSPS) is 10.9. The van der Waals surface area contributed by atoms with Gasteiger partial charge in [-0.15, -0.1) is 0 Å². The van der Waals surface area contributed by atoms with Crippen LogP contribution in [0.4, 0.5) is 5.69 Å². The van der Waals surface area contributed by atoms with Crippen LogP contribution < -0.4 is 10.6 Å². The number of amides is 1. The number of nitriles is 1. The third kappa shape index (κ3) is 5.22. The molecule has 0 aromatic heterocycles. The Bertz CT molecular complexity index is 782. The van der Waals surface area contributed by atoms with Crippen molar-refractivity contribution in [1.82, 2.24) is 5.32 Å². The Morgan fingerprint density at radius 1 is 1.04 bits per heavy atom. The van der Waals surface area contributed by atoms with Gasteiger partial charge in [-0.1, -0.05) is 62.4 Å². The highest BCUT2D eigenvalue weighted by molar-refractivity contribution is 6.07. The van der Waals surface area contributed by atoms with Gasteiger partial charge in [-0.25, -0.2) is 0 Å². The standard InChI is InChI=1S/C22H25N3O/c1-3-18-11-8-12-19(4-2)21(18)25-22(26)20(15-23)16-24-14-13-17-9-6-5-7-10-17/h5-12,16,24H,3-4,13-14H2,1-2H3,(H,25,26)/b20-16-. The van der Waals surface area contributed by atoms with Gasteiger partial charge in [0.25, 0.3) is 5.91 Å². The van der Waals surface area contributed by atoms with E-state index in [1.807, 2.05) is 42.5 Å². The lowest BCUT2D eigenvalue weighted by Gasteiger charge is -2.14. The van der Waals surface area contributed by atoms with Crippen LogP contribution in [0.25, 0.3) is 0 Å². The highest BCUT2D eigenvalue weighted by atomic mass is 16.1. The number of hydrogen-bond acceptors (Lipinski definition) is 3. The first-order valence-corrected chi connectivity index (χ1v) is 8.99. The third-order valence-electron chi connectivity index (χ3n) is 4.25. The van der Waals surface area contributed by atoms with E-state index in [0.717, 1.165) is 36.1 Å². The predicted molar refractivity (Wildman–Crippen MR) is 106 cm³/mol. The number of nitrogens with one attached hydrogen (secondary N) is 2. The molecular weight excluding hydrogens is 322 g/mol. The van der Waals surface area contributed by atoms with Crippen molar-refractivity contribution in [3.05, 3.63) is 77.0 Å². The Morgan fingerprint density at radius 2 is 1.69 bits per heavy atom. The number of anilines is 1. The van der Waals surface area contributed by atoms with Gasteiger partial charge in [-0.3, -0.25) is 4.79 Å². The molecule has 0 saturated carbocycles. The monoisotopic (exact) mass is 347 g/mol. The van der Waals surface area contributed by atoms with E-state index in [9.17, 15) is 10.1 Å². The zero-order chi connectivity index (χ0) is 18.8. The minimum absolute atomic E-state index is 0.0750. The molecule has 2 aromatic rings. The van der Waals surface area contributed by atoms with Crippen LogP contribution in [0.5, 0.6) is 0 Å². The summed E-state index contributed by atoms with van der Waals surface area (Å²) in [4.78, 5) is 12.5. The molecule has 0 heterocycles.